The molecule has 2 heterocycles. The number of rotatable bonds is 6. The molecule has 0 saturated carbocycles. The summed E-state index contributed by atoms with van der Waals surface area (Å²) < 4.78 is 43.1. The van der Waals surface area contributed by atoms with Gasteiger partial charge >= 0.3 is 11.7 Å². The lowest BCUT2D eigenvalue weighted by Crippen LogP contribution is -2.40. The molecule has 1 aromatic heterocycles. The number of hydrogen-bond donors (Lipinski definition) is 0. The van der Waals surface area contributed by atoms with Crippen LogP contribution in [0.2, 0.25) is 0 Å². The van der Waals surface area contributed by atoms with Crippen molar-refractivity contribution >= 4 is 27.1 Å². The van der Waals surface area contributed by atoms with E-state index >= 15 is 0 Å². The van der Waals surface area contributed by atoms with E-state index in [1.807, 2.05) is 6.92 Å². The van der Waals surface area contributed by atoms with Gasteiger partial charge in [0.15, 0.2) is 5.58 Å². The van der Waals surface area contributed by atoms with Gasteiger partial charge in [0, 0.05) is 19.2 Å². The second kappa shape index (κ2) is 7.60. The lowest BCUT2D eigenvalue weighted by atomic mass is 10.3. The number of hydrogen-bond acceptors (Lipinski definition) is 7. The normalized spacial score (nSPS) is 16.0. The molecule has 1 aromatic carbocycles. The van der Waals surface area contributed by atoms with Gasteiger partial charge in [0.1, 0.15) is 6.54 Å². The van der Waals surface area contributed by atoms with E-state index in [-0.39, 0.29) is 36.7 Å². The number of aromatic nitrogens is 1. The summed E-state index contributed by atoms with van der Waals surface area (Å²) in [5.74, 6) is -1.30. The molecule has 1 aliphatic heterocycles. The van der Waals surface area contributed by atoms with Gasteiger partial charge in [-0.15, -0.1) is 0 Å². The van der Waals surface area contributed by atoms with Crippen molar-refractivity contribution in [2.45, 2.75) is 24.8 Å². The molecule has 10 heteroatoms. The number of carbonyl (C=O) groups excluding carboxylic acids is 1. The Bertz CT molecular complexity index is 955. The van der Waals surface area contributed by atoms with Crippen LogP contribution in [0.3, 0.4) is 0 Å². The number of nitrogens with zero attached hydrogens (tertiary/aromatic N) is 2. The van der Waals surface area contributed by atoms with E-state index in [4.69, 9.17) is 13.9 Å². The fraction of sp³-hybridized carbons (Fsp3) is 0.500. The number of sulfonamides is 1. The van der Waals surface area contributed by atoms with Gasteiger partial charge in [-0.2, -0.15) is 4.31 Å². The third-order valence-corrected chi connectivity index (χ3v) is 5.90. The van der Waals surface area contributed by atoms with Crippen molar-refractivity contribution in [2.75, 3.05) is 32.9 Å². The smallest absolute Gasteiger partial charge is 0.420 e. The molecule has 0 spiro atoms. The molecule has 0 amide bonds. The number of ether oxygens (including phenoxy) is 2. The summed E-state index contributed by atoms with van der Waals surface area (Å²) in [4.78, 5) is 23.8. The average Bonchev–Trinajstić information content (AvgIpc) is 2.95. The van der Waals surface area contributed by atoms with Gasteiger partial charge < -0.3 is 13.9 Å². The van der Waals surface area contributed by atoms with Crippen LogP contribution in [0.15, 0.2) is 32.3 Å². The van der Waals surface area contributed by atoms with E-state index in [2.05, 4.69) is 0 Å². The molecule has 1 saturated heterocycles. The highest BCUT2D eigenvalue weighted by molar-refractivity contribution is 7.89. The van der Waals surface area contributed by atoms with E-state index in [1.54, 1.807) is 0 Å². The molecule has 3 rings (SSSR count). The summed E-state index contributed by atoms with van der Waals surface area (Å²) in [5.41, 5.74) is 0.442. The van der Waals surface area contributed by atoms with E-state index in [1.165, 1.54) is 22.5 Å². The zero-order chi connectivity index (χ0) is 18.7. The molecular weight excluding hydrogens is 364 g/mol. The molecule has 0 aliphatic carbocycles. The zero-order valence-electron chi connectivity index (χ0n) is 14.3. The molecule has 1 aliphatic rings. The van der Waals surface area contributed by atoms with Gasteiger partial charge in [0.2, 0.25) is 10.0 Å². The van der Waals surface area contributed by atoms with Gasteiger partial charge in [-0.3, -0.25) is 9.36 Å². The summed E-state index contributed by atoms with van der Waals surface area (Å²) in [6.07, 6.45) is 0.676. The number of morpholine rings is 1. The largest absolute Gasteiger partial charge is 0.464 e. The van der Waals surface area contributed by atoms with Crippen molar-refractivity contribution in [3.63, 3.8) is 0 Å². The predicted molar refractivity (Wildman–Crippen MR) is 91.3 cm³/mol. The van der Waals surface area contributed by atoms with Crippen molar-refractivity contribution in [2.24, 2.45) is 0 Å². The number of esters is 1. The first-order chi connectivity index (χ1) is 12.4. The van der Waals surface area contributed by atoms with Gasteiger partial charge in [-0.05, 0) is 18.6 Å². The molecule has 0 unspecified atom stereocenters. The maximum absolute atomic E-state index is 12.7. The Labute approximate surface area is 150 Å². The lowest BCUT2D eigenvalue weighted by Gasteiger charge is -2.25. The van der Waals surface area contributed by atoms with Crippen LogP contribution in [0.25, 0.3) is 11.1 Å². The van der Waals surface area contributed by atoms with Crippen molar-refractivity contribution in [1.82, 2.24) is 8.87 Å². The van der Waals surface area contributed by atoms with Crippen molar-refractivity contribution in [3.8, 4) is 0 Å². The highest BCUT2D eigenvalue weighted by Crippen LogP contribution is 2.22. The first-order valence-corrected chi connectivity index (χ1v) is 9.74. The second-order valence-corrected chi connectivity index (χ2v) is 7.76. The lowest BCUT2D eigenvalue weighted by molar-refractivity contribution is -0.144. The number of carbonyl (C=O) groups is 1. The van der Waals surface area contributed by atoms with Crippen LogP contribution in [-0.2, 0) is 30.8 Å². The van der Waals surface area contributed by atoms with Gasteiger partial charge in [0.05, 0.1) is 30.2 Å². The molecule has 0 bridgehead atoms. The van der Waals surface area contributed by atoms with Crippen LogP contribution < -0.4 is 5.76 Å². The highest BCUT2D eigenvalue weighted by atomic mass is 32.2. The van der Waals surface area contributed by atoms with Crippen LogP contribution in [0.5, 0.6) is 0 Å². The van der Waals surface area contributed by atoms with Crippen molar-refractivity contribution in [1.29, 1.82) is 0 Å². The summed E-state index contributed by atoms with van der Waals surface area (Å²) >= 11 is 0. The minimum atomic E-state index is -3.70. The Hall–Kier alpha value is -2.17. The molecular formula is C16H20N2O7S. The summed E-state index contributed by atoms with van der Waals surface area (Å²) in [6, 6.07) is 4.16. The highest BCUT2D eigenvalue weighted by Gasteiger charge is 2.27. The fourth-order valence-electron chi connectivity index (χ4n) is 2.68. The van der Waals surface area contributed by atoms with Crippen LogP contribution in [0, 0.1) is 0 Å². The Morgan fingerprint density at radius 1 is 1.27 bits per heavy atom. The minimum Gasteiger partial charge on any atom is -0.464 e. The summed E-state index contributed by atoms with van der Waals surface area (Å²) in [7, 11) is -3.70. The van der Waals surface area contributed by atoms with E-state index in [0.717, 1.165) is 4.57 Å². The van der Waals surface area contributed by atoms with Crippen LogP contribution in [-0.4, -0.2) is 56.2 Å². The topological polar surface area (TPSA) is 108 Å². The minimum absolute atomic E-state index is 0.0290. The van der Waals surface area contributed by atoms with Gasteiger partial charge in [0.25, 0.3) is 0 Å². The Kier molecular flexibility index (Phi) is 5.44. The zero-order valence-corrected chi connectivity index (χ0v) is 15.2. The number of fused-ring (bicyclic) bond motifs is 1. The van der Waals surface area contributed by atoms with Gasteiger partial charge in [-0.25, -0.2) is 13.2 Å². The SMILES string of the molecule is CCCOC(=O)Cn1c(=O)oc2cc(S(=O)(=O)N3CCOCC3)ccc21. The quantitative estimate of drug-likeness (QED) is 0.670. The van der Waals surface area contributed by atoms with Gasteiger partial charge in [-0.1, -0.05) is 6.92 Å². The second-order valence-electron chi connectivity index (χ2n) is 5.82. The van der Waals surface area contributed by atoms with Crippen LogP contribution in [0.1, 0.15) is 13.3 Å². The standard InChI is InChI=1S/C16H20N2O7S/c1-2-7-24-15(19)11-18-13-4-3-12(10-14(13)25-16(18)20)26(21,22)17-5-8-23-9-6-17/h3-4,10H,2,5-9,11H2,1H3. The first-order valence-electron chi connectivity index (χ1n) is 8.30. The molecule has 0 N–H and O–H groups in total. The molecule has 142 valence electrons. The predicted octanol–water partition coefficient (Wildman–Crippen LogP) is 0.569. The van der Waals surface area contributed by atoms with Crippen molar-refractivity contribution < 1.29 is 27.1 Å². The Morgan fingerprint density at radius 2 is 2.00 bits per heavy atom. The molecule has 26 heavy (non-hydrogen) atoms. The average molecular weight is 384 g/mol. The monoisotopic (exact) mass is 384 g/mol. The first kappa shape index (κ1) is 18.6. The number of oxazole rings is 1. The van der Waals surface area contributed by atoms with E-state index in [9.17, 15) is 18.0 Å². The van der Waals surface area contributed by atoms with E-state index < -0.39 is 21.7 Å². The maximum Gasteiger partial charge on any atom is 0.420 e. The van der Waals surface area contributed by atoms with E-state index in [0.29, 0.717) is 25.2 Å². The summed E-state index contributed by atoms with van der Waals surface area (Å²) in [6.45, 7) is 3.07. The molecule has 0 radical (unpaired) electrons. The number of benzene rings is 1. The summed E-state index contributed by atoms with van der Waals surface area (Å²) in [5, 5.41) is 0. The maximum atomic E-state index is 12.7. The van der Waals surface area contributed by atoms with Crippen molar-refractivity contribution in [3.05, 3.63) is 28.7 Å². The molecule has 0 atom stereocenters. The third-order valence-electron chi connectivity index (χ3n) is 4.00. The Morgan fingerprint density at radius 3 is 2.69 bits per heavy atom. The van der Waals surface area contributed by atoms with Crippen LogP contribution in [0.4, 0.5) is 0 Å². The Balaban J connectivity index is 1.90. The third kappa shape index (κ3) is 3.67. The molecule has 1 fully saturated rings. The molecule has 9 nitrogen and oxygen atoms in total. The fourth-order valence-corrected chi connectivity index (χ4v) is 4.11. The molecule has 2 aromatic rings. The van der Waals surface area contributed by atoms with Crippen LogP contribution >= 0.6 is 0 Å².